The topological polar surface area (TPSA) is 53.5 Å². The molecule has 1 heterocycles. The predicted octanol–water partition coefficient (Wildman–Crippen LogP) is 2.98. The van der Waals surface area contributed by atoms with Crippen molar-refractivity contribution >= 4 is 0 Å². The molecule has 1 fully saturated rings. The van der Waals surface area contributed by atoms with Gasteiger partial charge in [-0.25, -0.2) is 9.97 Å². The van der Waals surface area contributed by atoms with Gasteiger partial charge >= 0.3 is 0 Å². The van der Waals surface area contributed by atoms with E-state index in [1.165, 1.54) is 0 Å². The van der Waals surface area contributed by atoms with E-state index in [-0.39, 0.29) is 17.8 Å². The van der Waals surface area contributed by atoms with Crippen molar-refractivity contribution in [1.82, 2.24) is 9.97 Å². The monoisotopic (exact) mass is 318 g/mol. The summed E-state index contributed by atoms with van der Waals surface area (Å²) in [6.07, 6.45) is 5.95. The first-order chi connectivity index (χ1) is 10.8. The lowest BCUT2D eigenvalue weighted by Gasteiger charge is -2.36. The maximum absolute atomic E-state index is 5.81. The molecule has 1 aromatic rings. The molecule has 0 unspecified atom stereocenters. The lowest BCUT2D eigenvalue weighted by molar-refractivity contribution is -0.0851. The van der Waals surface area contributed by atoms with E-state index < -0.39 is 0 Å². The second-order valence-electron chi connectivity index (χ2n) is 6.96. The van der Waals surface area contributed by atoms with Crippen LogP contribution < -0.4 is 4.74 Å². The fourth-order valence-corrected chi connectivity index (χ4v) is 2.11. The van der Waals surface area contributed by atoms with Crippen LogP contribution in [0, 0.1) is 11.8 Å². The summed E-state index contributed by atoms with van der Waals surface area (Å²) >= 11 is 0. The number of rotatable bonds is 5. The molecule has 23 heavy (non-hydrogen) atoms. The summed E-state index contributed by atoms with van der Waals surface area (Å²) in [5.74, 6) is 6.94. The van der Waals surface area contributed by atoms with Gasteiger partial charge in [-0.15, -0.1) is 0 Å². The largest absolute Gasteiger partial charge is 0.487 e. The van der Waals surface area contributed by atoms with E-state index in [0.717, 1.165) is 12.8 Å². The van der Waals surface area contributed by atoms with Gasteiger partial charge in [0.1, 0.15) is 12.7 Å². The van der Waals surface area contributed by atoms with Gasteiger partial charge < -0.3 is 14.2 Å². The standard InChI is InChI=1S/C18H26N2O3/c1-13(2)22-14-9-15(10-14)23-16-11-19-17(20-12-16)7-6-8-21-18(3,4)5/h11-15H,8-10H2,1-5H3/t14-,15-. The van der Waals surface area contributed by atoms with Gasteiger partial charge in [0, 0.05) is 12.8 Å². The van der Waals surface area contributed by atoms with E-state index >= 15 is 0 Å². The first kappa shape index (κ1) is 17.7. The Labute approximate surface area is 138 Å². The van der Waals surface area contributed by atoms with Gasteiger partial charge in [0.25, 0.3) is 0 Å². The molecule has 0 radical (unpaired) electrons. The molecule has 0 saturated heterocycles. The molecule has 0 bridgehead atoms. The normalized spacial score (nSPS) is 20.6. The minimum atomic E-state index is -0.187. The molecule has 0 spiro atoms. The molecule has 5 heteroatoms. The molecule has 5 nitrogen and oxygen atoms in total. The molecular formula is C18H26N2O3. The fourth-order valence-electron chi connectivity index (χ4n) is 2.11. The van der Waals surface area contributed by atoms with Crippen molar-refractivity contribution < 1.29 is 14.2 Å². The maximum Gasteiger partial charge on any atom is 0.205 e. The third-order valence-electron chi connectivity index (χ3n) is 3.22. The Bertz CT molecular complexity index is 546. The zero-order valence-corrected chi connectivity index (χ0v) is 14.6. The van der Waals surface area contributed by atoms with Crippen LogP contribution in [0.3, 0.4) is 0 Å². The van der Waals surface area contributed by atoms with Crippen molar-refractivity contribution in [3.8, 4) is 17.6 Å². The molecule has 1 saturated carbocycles. The second kappa shape index (κ2) is 7.76. The number of aromatic nitrogens is 2. The van der Waals surface area contributed by atoms with Gasteiger partial charge in [-0.1, -0.05) is 5.92 Å². The number of hydrogen-bond acceptors (Lipinski definition) is 5. The third kappa shape index (κ3) is 6.55. The highest BCUT2D eigenvalue weighted by Gasteiger charge is 2.32. The number of ether oxygens (including phenoxy) is 3. The zero-order chi connectivity index (χ0) is 16.9. The Kier molecular flexibility index (Phi) is 5.97. The van der Waals surface area contributed by atoms with E-state index in [9.17, 15) is 0 Å². The Hall–Kier alpha value is -1.64. The second-order valence-corrected chi connectivity index (χ2v) is 6.96. The molecule has 0 amide bonds. The van der Waals surface area contributed by atoms with Crippen molar-refractivity contribution in [1.29, 1.82) is 0 Å². The molecule has 0 atom stereocenters. The highest BCUT2D eigenvalue weighted by molar-refractivity contribution is 5.23. The fraction of sp³-hybridized carbons (Fsp3) is 0.667. The quantitative estimate of drug-likeness (QED) is 0.781. The van der Waals surface area contributed by atoms with Crippen molar-refractivity contribution in [3.63, 3.8) is 0 Å². The Morgan fingerprint density at radius 1 is 1.17 bits per heavy atom. The molecule has 0 aliphatic heterocycles. The lowest BCUT2D eigenvalue weighted by Crippen LogP contribution is -2.40. The van der Waals surface area contributed by atoms with Crippen LogP contribution in [0.25, 0.3) is 0 Å². The van der Waals surface area contributed by atoms with Gasteiger partial charge in [-0.2, -0.15) is 0 Å². The number of hydrogen-bond donors (Lipinski definition) is 0. The predicted molar refractivity (Wildman–Crippen MR) is 88.3 cm³/mol. The minimum absolute atomic E-state index is 0.187. The summed E-state index contributed by atoms with van der Waals surface area (Å²) in [4.78, 5) is 8.39. The van der Waals surface area contributed by atoms with Gasteiger partial charge in [0.05, 0.1) is 30.2 Å². The average Bonchev–Trinajstić information content (AvgIpc) is 2.41. The zero-order valence-electron chi connectivity index (χ0n) is 14.6. The summed E-state index contributed by atoms with van der Waals surface area (Å²) in [7, 11) is 0. The highest BCUT2D eigenvalue weighted by atomic mass is 16.5. The van der Waals surface area contributed by atoms with Crippen LogP contribution in [0.1, 0.15) is 53.3 Å². The summed E-state index contributed by atoms with van der Waals surface area (Å²) in [5, 5.41) is 0. The van der Waals surface area contributed by atoms with Crippen molar-refractivity contribution in [2.45, 2.75) is 71.4 Å². The minimum Gasteiger partial charge on any atom is -0.487 e. The van der Waals surface area contributed by atoms with E-state index in [1.54, 1.807) is 12.4 Å². The van der Waals surface area contributed by atoms with Crippen LogP contribution in [0.15, 0.2) is 12.4 Å². The molecule has 2 rings (SSSR count). The first-order valence-electron chi connectivity index (χ1n) is 8.09. The Morgan fingerprint density at radius 2 is 1.83 bits per heavy atom. The summed E-state index contributed by atoms with van der Waals surface area (Å²) in [5.41, 5.74) is -0.187. The lowest BCUT2D eigenvalue weighted by atomic mass is 9.92. The summed E-state index contributed by atoms with van der Waals surface area (Å²) in [6.45, 7) is 10.4. The molecule has 126 valence electrons. The van der Waals surface area contributed by atoms with E-state index in [0.29, 0.717) is 24.3 Å². The molecule has 1 aliphatic carbocycles. The van der Waals surface area contributed by atoms with Crippen LogP contribution in [0.2, 0.25) is 0 Å². The molecular weight excluding hydrogens is 292 g/mol. The van der Waals surface area contributed by atoms with Gasteiger partial charge in [-0.05, 0) is 40.5 Å². The van der Waals surface area contributed by atoms with Crippen LogP contribution in [0.5, 0.6) is 5.75 Å². The first-order valence-corrected chi connectivity index (χ1v) is 8.09. The van der Waals surface area contributed by atoms with Crippen molar-refractivity contribution in [2.75, 3.05) is 6.61 Å². The van der Waals surface area contributed by atoms with Crippen molar-refractivity contribution in [3.05, 3.63) is 18.2 Å². The summed E-state index contributed by atoms with van der Waals surface area (Å²) < 4.78 is 17.0. The molecule has 1 aliphatic rings. The van der Waals surface area contributed by atoms with Crippen LogP contribution in [-0.2, 0) is 9.47 Å². The Balaban J connectivity index is 1.74. The SMILES string of the molecule is CC(C)O[C@H]1C[C@H](Oc2cnc(C#CCOC(C)(C)C)nc2)C1. The van der Waals surface area contributed by atoms with Crippen LogP contribution >= 0.6 is 0 Å². The molecule has 1 aromatic heterocycles. The van der Waals surface area contributed by atoms with E-state index in [4.69, 9.17) is 14.2 Å². The van der Waals surface area contributed by atoms with Gasteiger partial charge in [0.2, 0.25) is 5.82 Å². The van der Waals surface area contributed by atoms with E-state index in [2.05, 4.69) is 21.8 Å². The third-order valence-corrected chi connectivity index (χ3v) is 3.22. The highest BCUT2D eigenvalue weighted by Crippen LogP contribution is 2.28. The smallest absolute Gasteiger partial charge is 0.205 e. The van der Waals surface area contributed by atoms with Crippen LogP contribution in [0.4, 0.5) is 0 Å². The van der Waals surface area contributed by atoms with Gasteiger partial charge in [-0.3, -0.25) is 0 Å². The molecule has 0 aromatic carbocycles. The maximum atomic E-state index is 5.81. The van der Waals surface area contributed by atoms with Crippen molar-refractivity contribution in [2.24, 2.45) is 0 Å². The summed E-state index contributed by atoms with van der Waals surface area (Å²) in [6, 6.07) is 0. The van der Waals surface area contributed by atoms with Gasteiger partial charge in [0.15, 0.2) is 5.75 Å². The average molecular weight is 318 g/mol. The Morgan fingerprint density at radius 3 is 2.39 bits per heavy atom. The number of nitrogens with zero attached hydrogens (tertiary/aromatic N) is 2. The van der Waals surface area contributed by atoms with E-state index in [1.807, 2.05) is 34.6 Å². The molecule has 0 N–H and O–H groups in total. The van der Waals surface area contributed by atoms with Crippen LogP contribution in [-0.4, -0.2) is 40.5 Å².